The van der Waals surface area contributed by atoms with Crippen molar-refractivity contribution in [2.75, 3.05) is 18.6 Å². The van der Waals surface area contributed by atoms with Crippen molar-refractivity contribution < 1.29 is 5.11 Å². The van der Waals surface area contributed by atoms with Gasteiger partial charge in [-0.2, -0.15) is 0 Å². The van der Waals surface area contributed by atoms with E-state index in [9.17, 15) is 5.11 Å². The van der Waals surface area contributed by atoms with E-state index < -0.39 is 0 Å². The lowest BCUT2D eigenvalue weighted by molar-refractivity contribution is 0.215. The molecule has 0 fully saturated rings. The topological polar surface area (TPSA) is 62.4 Å². The Morgan fingerprint density at radius 1 is 1.50 bits per heavy atom. The number of nitrogens with zero attached hydrogens (tertiary/aromatic N) is 2. The summed E-state index contributed by atoms with van der Waals surface area (Å²) in [5, 5.41) is 9.33. The van der Waals surface area contributed by atoms with Crippen LogP contribution >= 0.6 is 0 Å². The largest absolute Gasteiger partial charge is 0.394 e. The molecule has 1 aromatic heterocycles. The number of aliphatic hydroxyl groups excluding tert-OH is 1. The van der Waals surface area contributed by atoms with E-state index in [-0.39, 0.29) is 12.1 Å². The van der Waals surface area contributed by atoms with Crippen molar-refractivity contribution in [3.8, 4) is 0 Å². The molecular formula is C12H21N3O. The van der Waals surface area contributed by atoms with E-state index in [1.807, 2.05) is 38.8 Å². The highest BCUT2D eigenvalue weighted by Crippen LogP contribution is 2.23. The Morgan fingerprint density at radius 3 is 2.56 bits per heavy atom. The lowest BCUT2D eigenvalue weighted by atomic mass is 10.0. The first-order valence-electron chi connectivity index (χ1n) is 5.42. The van der Waals surface area contributed by atoms with E-state index in [0.717, 1.165) is 16.9 Å². The Hall–Kier alpha value is -1.13. The number of likely N-dealkylation sites (N-methyl/N-ethyl adjacent to an activating group) is 1. The van der Waals surface area contributed by atoms with Crippen LogP contribution in [0.1, 0.15) is 25.0 Å². The number of aryl methyl sites for hydroxylation is 1. The number of rotatable bonds is 4. The van der Waals surface area contributed by atoms with Gasteiger partial charge in [-0.05, 0) is 38.0 Å². The summed E-state index contributed by atoms with van der Waals surface area (Å²) < 4.78 is 0. The zero-order valence-corrected chi connectivity index (χ0v) is 10.5. The molecule has 0 radical (unpaired) electrons. The van der Waals surface area contributed by atoms with Crippen LogP contribution in [-0.4, -0.2) is 29.3 Å². The van der Waals surface area contributed by atoms with Gasteiger partial charge in [-0.25, -0.2) is 4.98 Å². The molecule has 3 N–H and O–H groups in total. The molecule has 1 aromatic rings. The summed E-state index contributed by atoms with van der Waals surface area (Å²) in [6.45, 7) is 6.55. The molecule has 0 spiro atoms. The quantitative estimate of drug-likeness (QED) is 0.801. The van der Waals surface area contributed by atoms with Crippen LogP contribution in [0.15, 0.2) is 12.3 Å². The van der Waals surface area contributed by atoms with E-state index in [1.165, 1.54) is 0 Å². The highest BCUT2D eigenvalue weighted by atomic mass is 16.3. The molecule has 0 atom stereocenters. The number of hydrogen-bond acceptors (Lipinski definition) is 4. The van der Waals surface area contributed by atoms with Gasteiger partial charge in [0.25, 0.3) is 0 Å². The Labute approximate surface area is 97.1 Å². The van der Waals surface area contributed by atoms with E-state index in [4.69, 9.17) is 5.73 Å². The molecule has 1 rings (SSSR count). The minimum atomic E-state index is -0.317. The number of pyridine rings is 1. The second-order valence-electron chi connectivity index (χ2n) is 4.72. The van der Waals surface area contributed by atoms with Crippen molar-refractivity contribution in [1.82, 2.24) is 4.98 Å². The molecule has 16 heavy (non-hydrogen) atoms. The van der Waals surface area contributed by atoms with E-state index in [1.54, 1.807) is 6.20 Å². The Kier molecular flexibility index (Phi) is 3.88. The third-order valence-corrected chi connectivity index (χ3v) is 2.96. The van der Waals surface area contributed by atoms with Crippen LogP contribution in [0.3, 0.4) is 0 Å². The standard InChI is InChI=1S/C12H21N3O/c1-9-5-10(6-13)7-14-11(9)15(4)12(2,3)8-16/h5,7,16H,6,8,13H2,1-4H3. The van der Waals surface area contributed by atoms with E-state index >= 15 is 0 Å². The van der Waals surface area contributed by atoms with Gasteiger partial charge in [0, 0.05) is 19.8 Å². The second kappa shape index (κ2) is 4.80. The zero-order valence-electron chi connectivity index (χ0n) is 10.5. The minimum Gasteiger partial charge on any atom is -0.394 e. The smallest absolute Gasteiger partial charge is 0.131 e. The van der Waals surface area contributed by atoms with Crippen LogP contribution in [0.4, 0.5) is 5.82 Å². The van der Waals surface area contributed by atoms with Gasteiger partial charge in [-0.1, -0.05) is 0 Å². The monoisotopic (exact) mass is 223 g/mol. The summed E-state index contributed by atoms with van der Waals surface area (Å²) in [5.41, 5.74) is 7.35. The normalized spacial score (nSPS) is 11.6. The summed E-state index contributed by atoms with van der Waals surface area (Å²) >= 11 is 0. The first-order chi connectivity index (χ1) is 7.42. The molecule has 4 heteroatoms. The fourth-order valence-corrected chi connectivity index (χ4v) is 1.48. The van der Waals surface area contributed by atoms with Gasteiger partial charge in [0.1, 0.15) is 5.82 Å². The third kappa shape index (κ3) is 2.51. The number of anilines is 1. The fourth-order valence-electron chi connectivity index (χ4n) is 1.48. The van der Waals surface area contributed by atoms with Gasteiger partial charge in [0.05, 0.1) is 12.1 Å². The lowest BCUT2D eigenvalue weighted by Gasteiger charge is -2.35. The molecular weight excluding hydrogens is 202 g/mol. The molecule has 0 saturated heterocycles. The number of aromatic nitrogens is 1. The summed E-state index contributed by atoms with van der Waals surface area (Å²) in [4.78, 5) is 6.39. The average molecular weight is 223 g/mol. The van der Waals surface area contributed by atoms with E-state index in [2.05, 4.69) is 4.98 Å². The maximum atomic E-state index is 9.33. The molecule has 0 aliphatic rings. The number of hydrogen-bond donors (Lipinski definition) is 2. The first-order valence-corrected chi connectivity index (χ1v) is 5.42. The van der Waals surface area contributed by atoms with Crippen LogP contribution < -0.4 is 10.6 Å². The third-order valence-electron chi connectivity index (χ3n) is 2.96. The number of aliphatic hydroxyl groups is 1. The van der Waals surface area contributed by atoms with Crippen molar-refractivity contribution in [2.24, 2.45) is 5.73 Å². The Bertz CT molecular complexity index is 363. The van der Waals surface area contributed by atoms with Gasteiger partial charge >= 0.3 is 0 Å². The van der Waals surface area contributed by atoms with Crippen LogP contribution in [0.2, 0.25) is 0 Å². The summed E-state index contributed by atoms with van der Waals surface area (Å²) in [6.07, 6.45) is 1.78. The molecule has 0 aromatic carbocycles. The predicted octanol–water partition coefficient (Wildman–Crippen LogP) is 1.06. The molecule has 0 bridgehead atoms. The van der Waals surface area contributed by atoms with Gasteiger partial charge in [0.2, 0.25) is 0 Å². The van der Waals surface area contributed by atoms with Crippen LogP contribution in [-0.2, 0) is 6.54 Å². The maximum Gasteiger partial charge on any atom is 0.131 e. The van der Waals surface area contributed by atoms with Crippen molar-refractivity contribution in [2.45, 2.75) is 32.9 Å². The Morgan fingerprint density at radius 2 is 2.12 bits per heavy atom. The van der Waals surface area contributed by atoms with Crippen LogP contribution in [0, 0.1) is 6.92 Å². The fraction of sp³-hybridized carbons (Fsp3) is 0.583. The van der Waals surface area contributed by atoms with Gasteiger partial charge < -0.3 is 15.7 Å². The zero-order chi connectivity index (χ0) is 12.3. The highest BCUT2D eigenvalue weighted by molar-refractivity contribution is 5.48. The van der Waals surface area contributed by atoms with Crippen molar-refractivity contribution in [3.63, 3.8) is 0 Å². The lowest BCUT2D eigenvalue weighted by Crippen LogP contribution is -2.45. The molecule has 0 saturated carbocycles. The molecule has 0 amide bonds. The number of nitrogens with two attached hydrogens (primary N) is 1. The molecule has 0 aliphatic carbocycles. The van der Waals surface area contributed by atoms with E-state index in [0.29, 0.717) is 6.54 Å². The molecule has 4 nitrogen and oxygen atoms in total. The molecule has 90 valence electrons. The highest BCUT2D eigenvalue weighted by Gasteiger charge is 2.24. The van der Waals surface area contributed by atoms with Gasteiger partial charge in [-0.3, -0.25) is 0 Å². The predicted molar refractivity (Wildman–Crippen MR) is 66.4 cm³/mol. The minimum absolute atomic E-state index is 0.0866. The summed E-state index contributed by atoms with van der Waals surface area (Å²) in [5.74, 6) is 0.885. The van der Waals surface area contributed by atoms with Crippen molar-refractivity contribution >= 4 is 5.82 Å². The molecule has 0 aliphatic heterocycles. The SMILES string of the molecule is Cc1cc(CN)cnc1N(C)C(C)(C)CO. The summed E-state index contributed by atoms with van der Waals surface area (Å²) in [6, 6.07) is 2.03. The van der Waals surface area contributed by atoms with Crippen molar-refractivity contribution in [3.05, 3.63) is 23.4 Å². The van der Waals surface area contributed by atoms with Gasteiger partial charge in [-0.15, -0.1) is 0 Å². The van der Waals surface area contributed by atoms with Crippen molar-refractivity contribution in [1.29, 1.82) is 0 Å². The maximum absolute atomic E-state index is 9.33. The summed E-state index contributed by atoms with van der Waals surface area (Å²) in [7, 11) is 1.94. The van der Waals surface area contributed by atoms with Gasteiger partial charge in [0.15, 0.2) is 0 Å². The van der Waals surface area contributed by atoms with Crippen LogP contribution in [0.25, 0.3) is 0 Å². The first kappa shape index (κ1) is 12.9. The Balaban J connectivity index is 3.05. The second-order valence-corrected chi connectivity index (χ2v) is 4.72. The average Bonchev–Trinajstić information content (AvgIpc) is 2.28. The molecule has 0 unspecified atom stereocenters. The molecule has 1 heterocycles. The van der Waals surface area contributed by atoms with Crippen LogP contribution in [0.5, 0.6) is 0 Å².